The monoisotopic (exact) mass is 745 g/mol. The van der Waals surface area contributed by atoms with Crippen LogP contribution in [-0.4, -0.2) is 113 Å². The molecule has 2 bridgehead atoms. The lowest BCUT2D eigenvalue weighted by Gasteiger charge is -2.54. The van der Waals surface area contributed by atoms with Crippen molar-refractivity contribution in [2.75, 3.05) is 57.9 Å². The highest BCUT2D eigenvalue weighted by Gasteiger charge is 2.49. The summed E-state index contributed by atoms with van der Waals surface area (Å²) >= 11 is 0. The number of aromatic amines is 1. The van der Waals surface area contributed by atoms with E-state index in [4.69, 9.17) is 24.2 Å². The van der Waals surface area contributed by atoms with Gasteiger partial charge in [0.05, 0.1) is 18.3 Å². The molecule has 4 saturated heterocycles. The van der Waals surface area contributed by atoms with Gasteiger partial charge in [-0.2, -0.15) is 28.2 Å². The maximum absolute atomic E-state index is 14.1. The number of ether oxygens (including phenoxy) is 3. The third-order valence-corrected chi connectivity index (χ3v) is 12.5. The van der Waals surface area contributed by atoms with E-state index in [1.165, 1.54) is 6.08 Å². The number of fused-ring (bicyclic) bond motifs is 4. The molecule has 4 aromatic rings. The molecule has 4 aliphatic heterocycles. The molecule has 1 saturated carbocycles. The highest BCUT2D eigenvalue weighted by Crippen LogP contribution is 2.53. The Balaban J connectivity index is 1.18. The number of hydrogen-bond donors (Lipinski definition) is 1. The summed E-state index contributed by atoms with van der Waals surface area (Å²) in [4.78, 5) is 28.9. The van der Waals surface area contributed by atoms with Crippen molar-refractivity contribution in [2.24, 2.45) is 5.41 Å². The van der Waals surface area contributed by atoms with Gasteiger partial charge in [0.25, 0.3) is 0 Å². The number of methoxy groups -OCH3 is 1. The number of H-pyrrole nitrogens is 1. The number of piperidine rings is 1. The summed E-state index contributed by atoms with van der Waals surface area (Å²) in [5.41, 5.74) is 4.37. The van der Waals surface area contributed by atoms with Gasteiger partial charge in [-0.15, -0.1) is 0 Å². The van der Waals surface area contributed by atoms with Gasteiger partial charge in [0.1, 0.15) is 17.4 Å². The maximum Gasteiger partial charge on any atom is 0.422 e. The molecule has 14 heteroatoms. The van der Waals surface area contributed by atoms with Gasteiger partial charge in [0.15, 0.2) is 12.4 Å². The zero-order valence-corrected chi connectivity index (χ0v) is 30.8. The van der Waals surface area contributed by atoms with Crippen LogP contribution in [0.15, 0.2) is 37.1 Å². The summed E-state index contributed by atoms with van der Waals surface area (Å²) in [5.74, 6) is 0.844. The lowest BCUT2D eigenvalue weighted by Crippen LogP contribution is -2.61. The molecule has 1 N–H and O–H groups in total. The second-order valence-corrected chi connectivity index (χ2v) is 16.0. The standard InChI is InChI=1S/C40H46F3N7O4/c1-4-32(51)49-20-39(21-49)11-13-48(14-12-39)37-27-18-26(24-6-7-24)34(33-23(2)5-9-29-28(33)19-44-47-29)36(53-22-40(41,42)43)35(27)45-38(46-37)54-31-17-25-8-10-30(31)50(25)15-16-52-3/h4-5,9,18-19,24-25,30-31H,1,6-8,10-17,20-22H2,2-3H3,(H,44,47). The van der Waals surface area contributed by atoms with E-state index in [-0.39, 0.29) is 41.1 Å². The maximum atomic E-state index is 14.1. The van der Waals surface area contributed by atoms with E-state index in [1.54, 1.807) is 13.3 Å². The van der Waals surface area contributed by atoms with Crippen LogP contribution in [0.4, 0.5) is 19.0 Å². The number of likely N-dealkylation sites (tertiary alicyclic amines) is 1. The van der Waals surface area contributed by atoms with Gasteiger partial charge in [-0.3, -0.25) is 14.8 Å². The minimum Gasteiger partial charge on any atom is -0.481 e. The molecule has 11 nitrogen and oxygen atoms in total. The van der Waals surface area contributed by atoms with Gasteiger partial charge in [-0.1, -0.05) is 12.6 Å². The molecular weight excluding hydrogens is 699 g/mol. The molecule has 0 radical (unpaired) electrons. The van der Waals surface area contributed by atoms with Crippen molar-refractivity contribution in [3.8, 4) is 22.9 Å². The van der Waals surface area contributed by atoms with Crippen molar-refractivity contribution in [3.05, 3.63) is 48.2 Å². The molecule has 5 aliphatic rings. The number of anilines is 1. The molecule has 6 heterocycles. The Labute approximate surface area is 311 Å². The van der Waals surface area contributed by atoms with E-state index in [1.807, 2.05) is 24.0 Å². The zero-order valence-electron chi connectivity index (χ0n) is 30.8. The minimum atomic E-state index is -4.58. The first-order valence-corrected chi connectivity index (χ1v) is 19.1. The van der Waals surface area contributed by atoms with Crippen LogP contribution < -0.4 is 14.4 Å². The molecule has 54 heavy (non-hydrogen) atoms. The van der Waals surface area contributed by atoms with Gasteiger partial charge in [0, 0.05) is 80.1 Å². The number of aromatic nitrogens is 4. The fourth-order valence-electron chi connectivity index (χ4n) is 9.65. The summed E-state index contributed by atoms with van der Waals surface area (Å²) in [6, 6.07) is 6.70. The third kappa shape index (κ3) is 6.24. The molecule has 1 amide bonds. The molecule has 1 spiro atoms. The lowest BCUT2D eigenvalue weighted by atomic mass is 9.72. The fourth-order valence-corrected chi connectivity index (χ4v) is 9.65. The number of benzene rings is 2. The second kappa shape index (κ2) is 13.4. The Hall–Kier alpha value is -4.43. The van der Waals surface area contributed by atoms with Crippen LogP contribution in [0, 0.1) is 12.3 Å². The number of carbonyl (C=O) groups is 1. The SMILES string of the molecule is C=CC(=O)N1CC2(CCN(c3nc(OC4CC5CCC4N5CCOC)nc4c(OCC(F)(F)F)c(-c5c(C)ccc6[nH]ncc56)c(C5CC5)cc34)CC2)C1. The smallest absolute Gasteiger partial charge is 0.422 e. The zero-order chi connectivity index (χ0) is 37.4. The van der Waals surface area contributed by atoms with Crippen LogP contribution in [0.5, 0.6) is 11.8 Å². The van der Waals surface area contributed by atoms with Gasteiger partial charge in [0.2, 0.25) is 5.91 Å². The largest absolute Gasteiger partial charge is 0.481 e. The Morgan fingerprint density at radius 3 is 2.61 bits per heavy atom. The first-order valence-electron chi connectivity index (χ1n) is 19.1. The topological polar surface area (TPSA) is 109 Å². The number of hydrogen-bond acceptors (Lipinski definition) is 9. The summed E-state index contributed by atoms with van der Waals surface area (Å²) in [6.45, 7) is 8.31. The van der Waals surface area contributed by atoms with Gasteiger partial charge in [-0.25, -0.2) is 0 Å². The Kier molecular flexibility index (Phi) is 8.75. The van der Waals surface area contributed by atoms with E-state index in [0.717, 1.165) is 79.1 Å². The lowest BCUT2D eigenvalue weighted by molar-refractivity contribution is -0.153. The van der Waals surface area contributed by atoms with Crippen LogP contribution in [0.2, 0.25) is 0 Å². The Morgan fingerprint density at radius 2 is 1.89 bits per heavy atom. The number of nitrogens with one attached hydrogen (secondary N) is 1. The van der Waals surface area contributed by atoms with E-state index in [9.17, 15) is 18.0 Å². The molecule has 2 aromatic heterocycles. The number of aryl methyl sites for hydroxylation is 1. The molecule has 9 rings (SSSR count). The summed E-state index contributed by atoms with van der Waals surface area (Å²) in [5, 5.41) is 8.79. The molecule has 286 valence electrons. The number of amides is 1. The first kappa shape index (κ1) is 35.3. The van der Waals surface area contributed by atoms with Gasteiger partial charge >= 0.3 is 12.2 Å². The van der Waals surface area contributed by atoms with Crippen molar-refractivity contribution in [3.63, 3.8) is 0 Å². The predicted octanol–water partition coefficient (Wildman–Crippen LogP) is 6.55. The Bertz CT molecular complexity index is 2100. The van der Waals surface area contributed by atoms with Crippen molar-refractivity contribution >= 4 is 33.5 Å². The van der Waals surface area contributed by atoms with E-state index < -0.39 is 12.8 Å². The highest BCUT2D eigenvalue weighted by atomic mass is 19.4. The van der Waals surface area contributed by atoms with Crippen molar-refractivity contribution in [1.29, 1.82) is 0 Å². The van der Waals surface area contributed by atoms with Crippen LogP contribution in [0.1, 0.15) is 62.0 Å². The van der Waals surface area contributed by atoms with Crippen LogP contribution >= 0.6 is 0 Å². The molecule has 3 atom stereocenters. The third-order valence-electron chi connectivity index (χ3n) is 12.5. The van der Waals surface area contributed by atoms with Crippen LogP contribution in [0.3, 0.4) is 0 Å². The Morgan fingerprint density at radius 1 is 1.09 bits per heavy atom. The number of carbonyl (C=O) groups excluding carboxylic acids is 1. The van der Waals surface area contributed by atoms with E-state index in [0.29, 0.717) is 61.1 Å². The highest BCUT2D eigenvalue weighted by molar-refractivity contribution is 6.06. The average Bonchev–Trinajstić information content (AvgIpc) is 3.62. The fraction of sp³-hybridized carbons (Fsp3) is 0.550. The quantitative estimate of drug-likeness (QED) is 0.171. The van der Waals surface area contributed by atoms with Gasteiger partial charge in [-0.05, 0) is 86.3 Å². The number of nitrogens with zero attached hydrogens (tertiary/aromatic N) is 6. The molecule has 5 fully saturated rings. The average molecular weight is 746 g/mol. The summed E-state index contributed by atoms with van der Waals surface area (Å²) < 4.78 is 60.5. The normalized spacial score (nSPS) is 23.8. The summed E-state index contributed by atoms with van der Waals surface area (Å²) in [7, 11) is 1.70. The molecular formula is C40H46F3N7O4. The van der Waals surface area contributed by atoms with Crippen molar-refractivity contribution in [2.45, 2.75) is 82.2 Å². The predicted molar refractivity (Wildman–Crippen MR) is 198 cm³/mol. The number of rotatable bonds is 11. The van der Waals surface area contributed by atoms with Crippen molar-refractivity contribution in [1.82, 2.24) is 30.0 Å². The van der Waals surface area contributed by atoms with Crippen LogP contribution in [-0.2, 0) is 9.53 Å². The first-order chi connectivity index (χ1) is 26.0. The van der Waals surface area contributed by atoms with Crippen molar-refractivity contribution < 1.29 is 32.2 Å². The second-order valence-electron chi connectivity index (χ2n) is 16.0. The van der Waals surface area contributed by atoms with E-state index >= 15 is 0 Å². The molecule has 2 aromatic carbocycles. The summed E-state index contributed by atoms with van der Waals surface area (Å²) in [6.07, 6.45) is 4.79. The minimum absolute atomic E-state index is 0.0280. The van der Waals surface area contributed by atoms with Gasteiger partial charge < -0.3 is 24.0 Å². The number of halogens is 3. The van der Waals surface area contributed by atoms with Crippen LogP contribution in [0.25, 0.3) is 32.9 Å². The molecule has 3 unspecified atom stereocenters. The van der Waals surface area contributed by atoms with E-state index in [2.05, 4.69) is 32.6 Å². The number of alkyl halides is 3. The molecule has 1 aliphatic carbocycles.